The van der Waals surface area contributed by atoms with Crippen molar-refractivity contribution in [1.82, 2.24) is 30.2 Å². The fourth-order valence-electron chi connectivity index (χ4n) is 8.43. The topological polar surface area (TPSA) is 165 Å². The van der Waals surface area contributed by atoms with E-state index in [0.717, 1.165) is 79.4 Å². The SMILES string of the molecule is CN1CCc2cc(Nc3ncc(C(F)(F)F)c(CCc4ccccc4CC(N)=O)n3)ccc2C1.NC(=O)Cc1ccccc1CCc1nc(Cc2ccc3c(c2)CCNC3)ncc1C(F)(F)F. The number of fused-ring (bicyclic) bond motifs is 2. The number of carbonyl (C=O) groups is 2. The summed E-state index contributed by atoms with van der Waals surface area (Å²) in [5.74, 6) is -0.504. The van der Waals surface area contributed by atoms with Gasteiger partial charge < -0.3 is 27.0 Å². The molecule has 0 fully saturated rings. The highest BCUT2D eigenvalue weighted by Crippen LogP contribution is 2.34. The van der Waals surface area contributed by atoms with E-state index in [0.29, 0.717) is 24.2 Å². The van der Waals surface area contributed by atoms with Crippen LogP contribution in [0.15, 0.2) is 97.3 Å². The van der Waals surface area contributed by atoms with Crippen molar-refractivity contribution in [1.29, 1.82) is 0 Å². The summed E-state index contributed by atoms with van der Waals surface area (Å²) >= 11 is 0. The largest absolute Gasteiger partial charge is 0.419 e. The van der Waals surface area contributed by atoms with Gasteiger partial charge in [0.05, 0.1) is 35.4 Å². The van der Waals surface area contributed by atoms with Gasteiger partial charge in [-0.05, 0) is 114 Å². The number of primary amides is 2. The van der Waals surface area contributed by atoms with Gasteiger partial charge in [-0.2, -0.15) is 26.3 Å². The van der Waals surface area contributed by atoms with Crippen LogP contribution >= 0.6 is 0 Å². The summed E-state index contributed by atoms with van der Waals surface area (Å²) in [4.78, 5) is 41.4. The van der Waals surface area contributed by atoms with Crippen LogP contribution in [0, 0.1) is 0 Å². The third-order valence-corrected chi connectivity index (χ3v) is 11.8. The van der Waals surface area contributed by atoms with Crippen molar-refractivity contribution >= 4 is 23.5 Å². The molecule has 0 atom stereocenters. The summed E-state index contributed by atoms with van der Waals surface area (Å²) in [6, 6.07) is 26.3. The van der Waals surface area contributed by atoms with Crippen molar-refractivity contribution in [3.05, 3.63) is 176 Å². The number of nitrogens with two attached hydrogens (primary N) is 2. The first kappa shape index (κ1) is 48.2. The Morgan fingerprint density at radius 1 is 0.672 bits per heavy atom. The fourth-order valence-corrected chi connectivity index (χ4v) is 8.43. The van der Waals surface area contributed by atoms with Gasteiger partial charge in [0.1, 0.15) is 5.82 Å². The molecule has 8 rings (SSSR count). The number of nitrogens with zero attached hydrogens (tertiary/aromatic N) is 5. The molecule has 0 radical (unpaired) electrons. The molecule has 2 aliphatic heterocycles. The maximum absolute atomic E-state index is 13.6. The van der Waals surface area contributed by atoms with Crippen LogP contribution in [0.2, 0.25) is 0 Å². The average Bonchev–Trinajstić information content (AvgIpc) is 3.27. The second kappa shape index (κ2) is 21.3. The minimum absolute atomic E-state index is 0.0347. The van der Waals surface area contributed by atoms with Gasteiger partial charge in [-0.3, -0.25) is 9.59 Å². The molecule has 67 heavy (non-hydrogen) atoms. The van der Waals surface area contributed by atoms with E-state index in [1.165, 1.54) is 22.3 Å². The van der Waals surface area contributed by atoms with E-state index in [1.54, 1.807) is 48.5 Å². The zero-order chi connectivity index (χ0) is 47.7. The number of aromatic nitrogens is 4. The normalized spacial score (nSPS) is 13.8. The fraction of sp³-hybridized carbons (Fsp3) is 0.320. The maximum Gasteiger partial charge on any atom is 0.419 e. The lowest BCUT2D eigenvalue weighted by atomic mass is 9.97. The first-order valence-electron chi connectivity index (χ1n) is 21.9. The Balaban J connectivity index is 0.000000199. The number of carbonyl (C=O) groups excluding carboxylic acids is 2. The Morgan fingerprint density at radius 3 is 1.85 bits per heavy atom. The van der Waals surface area contributed by atoms with Crippen molar-refractivity contribution in [2.24, 2.45) is 11.5 Å². The van der Waals surface area contributed by atoms with Crippen LogP contribution in [0.25, 0.3) is 0 Å². The molecular formula is C50H51F6N9O2. The molecule has 4 aromatic carbocycles. The third kappa shape index (κ3) is 13.2. The molecule has 6 N–H and O–H groups in total. The predicted octanol–water partition coefficient (Wildman–Crippen LogP) is 7.58. The Hall–Kier alpha value is -6.72. The molecule has 350 valence electrons. The van der Waals surface area contributed by atoms with Crippen LogP contribution in [0.5, 0.6) is 0 Å². The van der Waals surface area contributed by atoms with Gasteiger partial charge in [0.15, 0.2) is 0 Å². The number of anilines is 2. The minimum atomic E-state index is -4.57. The summed E-state index contributed by atoms with van der Waals surface area (Å²) in [6.07, 6.45) is -4.40. The highest BCUT2D eigenvalue weighted by molar-refractivity contribution is 5.77. The number of rotatable bonds is 14. The predicted molar refractivity (Wildman–Crippen MR) is 242 cm³/mol. The zero-order valence-corrected chi connectivity index (χ0v) is 36.9. The lowest BCUT2D eigenvalue weighted by Gasteiger charge is -2.25. The molecule has 0 unspecified atom stereocenters. The quantitative estimate of drug-likeness (QED) is 0.0807. The van der Waals surface area contributed by atoms with E-state index in [1.807, 2.05) is 24.3 Å². The van der Waals surface area contributed by atoms with E-state index in [9.17, 15) is 35.9 Å². The van der Waals surface area contributed by atoms with Gasteiger partial charge in [-0.15, -0.1) is 0 Å². The molecule has 17 heteroatoms. The molecule has 2 aromatic heterocycles. The van der Waals surface area contributed by atoms with Crippen molar-refractivity contribution < 1.29 is 35.9 Å². The first-order chi connectivity index (χ1) is 32.0. The molecule has 11 nitrogen and oxygen atoms in total. The van der Waals surface area contributed by atoms with Crippen molar-refractivity contribution in [3.8, 4) is 0 Å². The standard InChI is InChI=1S/C25H26F3N5O.C25H25F3N4O/c1-33-11-10-18-12-20(8-6-19(18)15-33)31-24-30-14-21(25(26,27)28)22(32-24)9-7-16-4-2-3-5-17(16)13-23(29)34;26-25(27,28)21-15-31-24(12-16-5-6-20-14-30-10-9-19(20)11-16)32-22(21)8-7-17-3-1-2-4-18(17)13-23(29)33/h2-6,8,12,14H,7,9-11,13,15H2,1H3,(H2,29,34)(H,30,31,32);1-6,11,15,30H,7-10,12-14H2,(H2,29,33). The number of amides is 2. The molecule has 0 spiro atoms. The van der Waals surface area contributed by atoms with E-state index < -0.39 is 35.3 Å². The molecule has 0 bridgehead atoms. The minimum Gasteiger partial charge on any atom is -0.369 e. The van der Waals surface area contributed by atoms with Gasteiger partial charge in [0.25, 0.3) is 0 Å². The van der Waals surface area contributed by atoms with E-state index in [2.05, 4.69) is 54.6 Å². The van der Waals surface area contributed by atoms with Gasteiger partial charge >= 0.3 is 12.4 Å². The van der Waals surface area contributed by atoms with E-state index in [4.69, 9.17) is 11.5 Å². The van der Waals surface area contributed by atoms with Crippen LogP contribution in [0.1, 0.15) is 78.4 Å². The first-order valence-corrected chi connectivity index (χ1v) is 21.9. The third-order valence-electron chi connectivity index (χ3n) is 11.8. The zero-order valence-electron chi connectivity index (χ0n) is 36.9. The highest BCUT2D eigenvalue weighted by atomic mass is 19.4. The number of nitrogens with one attached hydrogen (secondary N) is 2. The van der Waals surface area contributed by atoms with Gasteiger partial charge in [-0.25, -0.2) is 19.9 Å². The molecule has 2 aliphatic rings. The van der Waals surface area contributed by atoms with Crippen molar-refractivity contribution in [2.75, 3.05) is 25.5 Å². The van der Waals surface area contributed by atoms with E-state index in [-0.39, 0.29) is 49.4 Å². The molecule has 6 aromatic rings. The Bertz CT molecular complexity index is 2730. The smallest absolute Gasteiger partial charge is 0.369 e. The number of halogens is 6. The lowest BCUT2D eigenvalue weighted by molar-refractivity contribution is -0.139. The molecular weight excluding hydrogens is 873 g/mol. The number of alkyl halides is 6. The average molecular weight is 924 g/mol. The monoisotopic (exact) mass is 923 g/mol. The van der Waals surface area contributed by atoms with Gasteiger partial charge in [0.2, 0.25) is 17.8 Å². The second-order valence-electron chi connectivity index (χ2n) is 16.8. The maximum atomic E-state index is 13.6. The van der Waals surface area contributed by atoms with Crippen molar-refractivity contribution in [3.63, 3.8) is 0 Å². The molecule has 0 saturated heterocycles. The molecule has 4 heterocycles. The van der Waals surface area contributed by atoms with Crippen molar-refractivity contribution in [2.45, 2.75) is 83.2 Å². The summed E-state index contributed by atoms with van der Waals surface area (Å²) in [5, 5.41) is 6.38. The number of benzene rings is 4. The Morgan fingerprint density at radius 2 is 1.24 bits per heavy atom. The number of aryl methyl sites for hydroxylation is 4. The summed E-state index contributed by atoms with van der Waals surface area (Å²) in [5.41, 5.74) is 18.4. The van der Waals surface area contributed by atoms with Crippen LogP contribution in [-0.4, -0.2) is 56.8 Å². The van der Waals surface area contributed by atoms with Gasteiger partial charge in [0, 0.05) is 44.1 Å². The number of hydrogen-bond acceptors (Lipinski definition) is 9. The Labute approximate surface area is 384 Å². The van der Waals surface area contributed by atoms with Crippen LogP contribution in [0.4, 0.5) is 38.0 Å². The molecule has 0 aliphatic carbocycles. The van der Waals surface area contributed by atoms with Gasteiger partial charge in [-0.1, -0.05) is 72.8 Å². The van der Waals surface area contributed by atoms with Crippen LogP contribution < -0.4 is 22.1 Å². The molecule has 2 amide bonds. The Kier molecular flexibility index (Phi) is 15.3. The van der Waals surface area contributed by atoms with Crippen LogP contribution in [0.3, 0.4) is 0 Å². The lowest BCUT2D eigenvalue weighted by Crippen LogP contribution is -2.26. The summed E-state index contributed by atoms with van der Waals surface area (Å²) in [7, 11) is 2.07. The summed E-state index contributed by atoms with van der Waals surface area (Å²) < 4.78 is 81.8. The summed E-state index contributed by atoms with van der Waals surface area (Å²) in [6.45, 7) is 3.56. The second-order valence-corrected chi connectivity index (χ2v) is 16.8. The number of hydrogen-bond donors (Lipinski definition) is 4. The number of likely N-dealkylation sites (N-methyl/N-ethyl adjacent to an activating group) is 1. The van der Waals surface area contributed by atoms with Crippen LogP contribution in [-0.2, 0) is 92.8 Å². The van der Waals surface area contributed by atoms with E-state index >= 15 is 0 Å². The molecule has 0 saturated carbocycles. The highest BCUT2D eigenvalue weighted by Gasteiger charge is 2.36.